The number of rotatable bonds is 1. The molecule has 184 valence electrons. The SMILES string of the molecule is CC1(C)CC(=O)c2c(ccc3c2NC(=O)[C@]32C[C@]3([NH+]([O-])O)CN4CC[C@@H](O)[C@H]4C[C@@H]3C2(C)C)O1. The van der Waals surface area contributed by atoms with Crippen molar-refractivity contribution in [1.82, 2.24) is 4.90 Å². The lowest BCUT2D eigenvalue weighted by Gasteiger charge is -2.51. The minimum atomic E-state index is -1.11. The maximum atomic E-state index is 13.9. The molecule has 0 aromatic heterocycles. The number of amides is 1. The van der Waals surface area contributed by atoms with Crippen LogP contribution >= 0.6 is 0 Å². The first-order valence-electron chi connectivity index (χ1n) is 12.2. The molecule has 34 heavy (non-hydrogen) atoms. The summed E-state index contributed by atoms with van der Waals surface area (Å²) >= 11 is 0. The van der Waals surface area contributed by atoms with Crippen LogP contribution in [0, 0.1) is 16.5 Å². The third-order valence-electron chi connectivity index (χ3n) is 9.74. The van der Waals surface area contributed by atoms with Gasteiger partial charge in [-0.3, -0.25) is 14.5 Å². The molecule has 1 amide bonds. The molecule has 6 atom stereocenters. The van der Waals surface area contributed by atoms with Crippen LogP contribution in [0.25, 0.3) is 0 Å². The number of Topliss-reactive ketones (excluding diaryl/α,β-unsaturated/α-hetero) is 1. The van der Waals surface area contributed by atoms with E-state index in [4.69, 9.17) is 4.74 Å². The molecule has 4 N–H and O–H groups in total. The predicted molar refractivity (Wildman–Crippen MR) is 122 cm³/mol. The quantitative estimate of drug-likeness (QED) is 0.451. The first-order chi connectivity index (χ1) is 15.8. The van der Waals surface area contributed by atoms with E-state index in [1.165, 1.54) is 0 Å². The summed E-state index contributed by atoms with van der Waals surface area (Å²) < 4.78 is 6.07. The molecule has 9 heteroatoms. The third-order valence-corrected chi connectivity index (χ3v) is 9.74. The molecular formula is C25H33N3O6. The fourth-order valence-corrected chi connectivity index (χ4v) is 8.19. The molecule has 4 heterocycles. The average molecular weight is 472 g/mol. The highest BCUT2D eigenvalue weighted by Gasteiger charge is 2.76. The van der Waals surface area contributed by atoms with Crippen molar-refractivity contribution in [3.05, 3.63) is 28.5 Å². The van der Waals surface area contributed by atoms with Crippen LogP contribution < -0.4 is 15.3 Å². The number of hydrogen-bond acceptors (Lipinski definition) is 7. The first kappa shape index (κ1) is 22.4. The number of fused-ring (bicyclic) bond motifs is 6. The highest BCUT2D eigenvalue weighted by Crippen LogP contribution is 2.67. The first-order valence-corrected chi connectivity index (χ1v) is 12.2. The van der Waals surface area contributed by atoms with Gasteiger partial charge in [0.1, 0.15) is 16.9 Å². The number of ketones is 1. The normalized spacial score (nSPS) is 40.3. The molecule has 3 fully saturated rings. The standard InChI is InChI=1S/C25H33N3O6/c1-22(2)10-16(30)19-17(34-22)6-5-13-20(19)26-21(31)25(13)11-24(28(32)33)12-27-8-7-15(29)14(27)9-18(24)23(25,3)4/h5-6,14-15,18,28-29,32H,7-12H2,1-4H3,(H,26,31)/t14-,15-,18-,24+,25+/m1/s1. The Morgan fingerprint density at radius 2 is 1.97 bits per heavy atom. The Morgan fingerprint density at radius 3 is 2.68 bits per heavy atom. The van der Waals surface area contributed by atoms with Gasteiger partial charge in [0, 0.05) is 24.9 Å². The smallest absolute Gasteiger partial charge is 0.235 e. The van der Waals surface area contributed by atoms with Crippen molar-refractivity contribution >= 4 is 17.4 Å². The summed E-state index contributed by atoms with van der Waals surface area (Å²) in [5, 5.41) is 36.2. The summed E-state index contributed by atoms with van der Waals surface area (Å²) in [5.41, 5.74) is -1.95. The highest BCUT2D eigenvalue weighted by atomic mass is 16.8. The fraction of sp³-hybridized carbons (Fsp3) is 0.680. The van der Waals surface area contributed by atoms with Gasteiger partial charge in [-0.2, -0.15) is 0 Å². The van der Waals surface area contributed by atoms with E-state index in [2.05, 4.69) is 10.2 Å². The van der Waals surface area contributed by atoms with Crippen molar-refractivity contribution < 1.29 is 29.9 Å². The number of hydrogen-bond donors (Lipinski definition) is 4. The molecule has 1 saturated carbocycles. The van der Waals surface area contributed by atoms with E-state index < -0.39 is 33.3 Å². The minimum Gasteiger partial charge on any atom is -0.600 e. The van der Waals surface area contributed by atoms with E-state index in [0.29, 0.717) is 48.5 Å². The second kappa shape index (κ2) is 6.59. The molecule has 4 aliphatic heterocycles. The summed E-state index contributed by atoms with van der Waals surface area (Å²) in [6.07, 6.45) is 1.08. The number of nitrogens with zero attached hydrogens (tertiary/aromatic N) is 1. The Kier molecular flexibility index (Phi) is 4.34. The summed E-state index contributed by atoms with van der Waals surface area (Å²) in [6.45, 7) is 8.71. The Hall–Kier alpha value is -2.04. The van der Waals surface area contributed by atoms with E-state index >= 15 is 0 Å². The van der Waals surface area contributed by atoms with Crippen LogP contribution in [0.1, 0.15) is 69.3 Å². The van der Waals surface area contributed by atoms with Gasteiger partial charge < -0.3 is 20.4 Å². The van der Waals surface area contributed by atoms with E-state index in [0.717, 1.165) is 0 Å². The summed E-state index contributed by atoms with van der Waals surface area (Å²) in [7, 11) is 0. The van der Waals surface area contributed by atoms with Gasteiger partial charge >= 0.3 is 0 Å². The number of carbonyl (C=O) groups is 2. The lowest BCUT2D eigenvalue weighted by atomic mass is 9.60. The van der Waals surface area contributed by atoms with Crippen LogP contribution in [0.3, 0.4) is 0 Å². The van der Waals surface area contributed by atoms with E-state index in [9.17, 15) is 25.1 Å². The maximum Gasteiger partial charge on any atom is 0.235 e. The van der Waals surface area contributed by atoms with Gasteiger partial charge in [0.25, 0.3) is 0 Å². The van der Waals surface area contributed by atoms with Crippen molar-refractivity contribution in [1.29, 1.82) is 0 Å². The molecular weight excluding hydrogens is 438 g/mol. The number of ether oxygens (including phenoxy) is 1. The Bertz CT molecular complexity index is 1120. The zero-order valence-electron chi connectivity index (χ0n) is 20.1. The molecule has 1 aromatic rings. The van der Waals surface area contributed by atoms with Gasteiger partial charge in [0.05, 0.1) is 35.7 Å². The molecule has 0 bridgehead atoms. The third kappa shape index (κ3) is 2.51. The minimum absolute atomic E-state index is 0.0783. The highest BCUT2D eigenvalue weighted by molar-refractivity contribution is 6.15. The second-order valence-corrected chi connectivity index (χ2v) is 12.2. The summed E-state index contributed by atoms with van der Waals surface area (Å²) in [6, 6.07) is 3.53. The van der Waals surface area contributed by atoms with E-state index in [-0.39, 0.29) is 36.5 Å². The maximum absolute atomic E-state index is 13.9. The number of piperidine rings is 1. The number of hydroxylamine groups is 2. The number of benzene rings is 1. The van der Waals surface area contributed by atoms with Crippen LogP contribution in [0.15, 0.2) is 12.1 Å². The van der Waals surface area contributed by atoms with Gasteiger partial charge in [-0.1, -0.05) is 19.9 Å². The van der Waals surface area contributed by atoms with Crippen LogP contribution in [0.4, 0.5) is 5.69 Å². The Labute approximate surface area is 198 Å². The molecule has 1 aromatic carbocycles. The zero-order chi connectivity index (χ0) is 24.4. The lowest BCUT2D eigenvalue weighted by Crippen LogP contribution is -3.16. The number of quaternary nitrogens is 1. The molecule has 1 unspecified atom stereocenters. The molecule has 2 saturated heterocycles. The second-order valence-electron chi connectivity index (χ2n) is 12.2. The molecule has 1 aliphatic carbocycles. The fourth-order valence-electron chi connectivity index (χ4n) is 8.19. The number of carbonyl (C=O) groups excluding carboxylic acids is 2. The van der Waals surface area contributed by atoms with Crippen LogP contribution in [0.5, 0.6) is 5.75 Å². The molecule has 9 nitrogen and oxygen atoms in total. The monoisotopic (exact) mass is 471 g/mol. The Balaban J connectivity index is 1.53. The van der Waals surface area contributed by atoms with Gasteiger partial charge in [-0.05, 0) is 43.7 Å². The van der Waals surface area contributed by atoms with Crippen molar-refractivity contribution in [3.8, 4) is 5.75 Å². The molecule has 1 spiro atoms. The number of anilines is 1. The van der Waals surface area contributed by atoms with Crippen molar-refractivity contribution in [2.75, 3.05) is 18.4 Å². The molecule has 6 rings (SSSR count). The van der Waals surface area contributed by atoms with Crippen LogP contribution in [-0.4, -0.2) is 63.3 Å². The van der Waals surface area contributed by atoms with Crippen LogP contribution in [0.2, 0.25) is 0 Å². The molecule has 5 aliphatic rings. The number of aliphatic hydroxyl groups excluding tert-OH is 1. The van der Waals surface area contributed by atoms with Crippen molar-refractivity contribution in [2.24, 2.45) is 11.3 Å². The van der Waals surface area contributed by atoms with Gasteiger partial charge in [0.2, 0.25) is 5.91 Å². The van der Waals surface area contributed by atoms with E-state index in [1.54, 1.807) is 6.07 Å². The van der Waals surface area contributed by atoms with Gasteiger partial charge in [-0.25, -0.2) is 10.4 Å². The Morgan fingerprint density at radius 1 is 1.24 bits per heavy atom. The topological polar surface area (TPSA) is 127 Å². The lowest BCUT2D eigenvalue weighted by molar-refractivity contribution is -1.09. The largest absolute Gasteiger partial charge is 0.600 e. The predicted octanol–water partition coefficient (Wildman–Crippen LogP) is 1.02. The number of nitrogens with one attached hydrogen (secondary N) is 2. The van der Waals surface area contributed by atoms with Crippen molar-refractivity contribution in [3.63, 3.8) is 0 Å². The zero-order valence-corrected chi connectivity index (χ0v) is 20.1. The van der Waals surface area contributed by atoms with Gasteiger partial charge in [-0.15, -0.1) is 0 Å². The van der Waals surface area contributed by atoms with Crippen molar-refractivity contribution in [2.45, 2.75) is 82.1 Å². The van der Waals surface area contributed by atoms with E-state index in [1.807, 2.05) is 33.8 Å². The van der Waals surface area contributed by atoms with Gasteiger partial charge in [0.15, 0.2) is 5.78 Å². The molecule has 0 radical (unpaired) electrons. The average Bonchev–Trinajstić information content (AvgIpc) is 3.30. The van der Waals surface area contributed by atoms with Crippen LogP contribution in [-0.2, 0) is 10.2 Å². The summed E-state index contributed by atoms with van der Waals surface area (Å²) in [5.74, 6) is -0.160. The summed E-state index contributed by atoms with van der Waals surface area (Å²) in [4.78, 5) is 29.2. The number of aliphatic hydroxyl groups is 1.